The van der Waals surface area contributed by atoms with E-state index < -0.39 is 40.1 Å². The minimum absolute atomic E-state index is 0.257. The van der Waals surface area contributed by atoms with Crippen LogP contribution in [0.3, 0.4) is 0 Å². The molecule has 2 aromatic rings. The Morgan fingerprint density at radius 1 is 0.730 bits per heavy atom. The molecule has 1 unspecified atom stereocenters. The number of carbonyl (C=O) groups excluding carboxylic acids is 3. The molecular formula is C29H28N2O6. The van der Waals surface area contributed by atoms with Crippen molar-refractivity contribution < 1.29 is 28.6 Å². The maximum absolute atomic E-state index is 14.4. The van der Waals surface area contributed by atoms with E-state index in [1.807, 2.05) is 36.4 Å². The lowest BCUT2D eigenvalue weighted by atomic mass is 9.64. The summed E-state index contributed by atoms with van der Waals surface area (Å²) in [6, 6.07) is 14.7. The van der Waals surface area contributed by atoms with Gasteiger partial charge in [0.05, 0.1) is 17.0 Å². The number of hydrogen-bond acceptors (Lipinski definition) is 6. The summed E-state index contributed by atoms with van der Waals surface area (Å²) in [4.78, 5) is 43.3. The van der Waals surface area contributed by atoms with Gasteiger partial charge >= 0.3 is 0 Å². The number of imide groups is 1. The predicted molar refractivity (Wildman–Crippen MR) is 131 cm³/mol. The highest BCUT2D eigenvalue weighted by molar-refractivity contribution is 6.23. The summed E-state index contributed by atoms with van der Waals surface area (Å²) < 4.78 is 21.4. The molecule has 8 nitrogen and oxygen atoms in total. The van der Waals surface area contributed by atoms with E-state index in [0.717, 1.165) is 44.9 Å². The molecule has 3 amide bonds. The Morgan fingerprint density at radius 2 is 1.35 bits per heavy atom. The van der Waals surface area contributed by atoms with Crippen molar-refractivity contribution in [3.63, 3.8) is 0 Å². The molecule has 8 heteroatoms. The second-order valence-electron chi connectivity index (χ2n) is 11.3. The largest absolute Gasteiger partial charge is 0.349 e. The van der Waals surface area contributed by atoms with Crippen LogP contribution in [0.1, 0.15) is 69.9 Å². The van der Waals surface area contributed by atoms with Crippen LogP contribution in [-0.4, -0.2) is 34.8 Å². The van der Waals surface area contributed by atoms with Gasteiger partial charge in [0.25, 0.3) is 11.8 Å². The summed E-state index contributed by atoms with van der Waals surface area (Å²) in [6.07, 6.45) is 6.39. The van der Waals surface area contributed by atoms with Crippen LogP contribution in [0, 0.1) is 0 Å². The first-order valence-corrected chi connectivity index (χ1v) is 13.2. The molecule has 0 bridgehead atoms. The summed E-state index contributed by atoms with van der Waals surface area (Å²) >= 11 is 0. The Balaban J connectivity index is 1.45. The van der Waals surface area contributed by atoms with Crippen LogP contribution in [0.5, 0.6) is 0 Å². The first kappa shape index (κ1) is 22.0. The fourth-order valence-electron chi connectivity index (χ4n) is 8.12. The Kier molecular flexibility index (Phi) is 3.85. The molecule has 2 saturated heterocycles. The molecule has 4 fully saturated rings. The number of anilines is 2. The normalized spacial score (nSPS) is 35.1. The molecule has 4 heterocycles. The molecule has 3 spiro atoms. The van der Waals surface area contributed by atoms with Gasteiger partial charge in [0.1, 0.15) is 5.60 Å². The van der Waals surface area contributed by atoms with Gasteiger partial charge in [-0.2, -0.15) is 0 Å². The molecular weight excluding hydrogens is 472 g/mol. The molecule has 37 heavy (non-hydrogen) atoms. The topological polar surface area (TPSA) is 85.4 Å². The van der Waals surface area contributed by atoms with Gasteiger partial charge in [0.15, 0.2) is 0 Å². The first-order chi connectivity index (χ1) is 17.8. The van der Waals surface area contributed by atoms with Crippen LogP contribution in [0.4, 0.5) is 11.4 Å². The van der Waals surface area contributed by atoms with E-state index in [1.54, 1.807) is 17.0 Å². The minimum Gasteiger partial charge on any atom is -0.349 e. The Bertz CT molecular complexity index is 1430. The molecule has 2 aromatic carbocycles. The van der Waals surface area contributed by atoms with E-state index in [2.05, 4.69) is 0 Å². The van der Waals surface area contributed by atoms with E-state index in [0.29, 0.717) is 22.5 Å². The minimum atomic E-state index is -1.67. The highest BCUT2D eigenvalue weighted by atomic mass is 16.8. The smallest absolute Gasteiger partial charge is 0.299 e. The van der Waals surface area contributed by atoms with Crippen LogP contribution in [-0.2, 0) is 39.8 Å². The van der Waals surface area contributed by atoms with Gasteiger partial charge in [-0.05, 0) is 37.8 Å². The van der Waals surface area contributed by atoms with Crippen LogP contribution in [0.25, 0.3) is 0 Å². The van der Waals surface area contributed by atoms with E-state index in [1.165, 1.54) is 18.7 Å². The third-order valence-corrected chi connectivity index (χ3v) is 9.59. The molecule has 190 valence electrons. The van der Waals surface area contributed by atoms with Gasteiger partial charge in [-0.1, -0.05) is 55.7 Å². The summed E-state index contributed by atoms with van der Waals surface area (Å²) in [5, 5.41) is 0. The molecule has 2 saturated carbocycles. The molecule has 2 aliphatic carbocycles. The molecule has 0 N–H and O–H groups in total. The fraction of sp³-hybridized carbons (Fsp3) is 0.483. The number of rotatable bonds is 0. The van der Waals surface area contributed by atoms with Gasteiger partial charge in [-0.25, -0.2) is 4.90 Å². The monoisotopic (exact) mass is 500 g/mol. The quantitative estimate of drug-likeness (QED) is 0.544. The van der Waals surface area contributed by atoms with Crippen LogP contribution in [0.15, 0.2) is 48.5 Å². The number of carbonyl (C=O) groups is 3. The van der Waals surface area contributed by atoms with Gasteiger partial charge in [0.2, 0.25) is 23.0 Å². The lowest BCUT2D eigenvalue weighted by Crippen LogP contribution is -2.89. The number of amides is 3. The number of fused-ring (bicyclic) bond motifs is 4. The van der Waals surface area contributed by atoms with Crippen molar-refractivity contribution in [1.29, 1.82) is 0 Å². The van der Waals surface area contributed by atoms with Crippen molar-refractivity contribution >= 4 is 29.1 Å². The lowest BCUT2D eigenvalue weighted by Gasteiger charge is -2.71. The summed E-state index contributed by atoms with van der Waals surface area (Å²) in [5.74, 6) is -2.81. The lowest BCUT2D eigenvalue weighted by molar-refractivity contribution is -0.552. The number of benzene rings is 2. The average Bonchev–Trinajstić information content (AvgIpc) is 3.57. The molecule has 0 radical (unpaired) electrons. The summed E-state index contributed by atoms with van der Waals surface area (Å²) in [6.45, 7) is 2.86. The third kappa shape index (κ3) is 2.08. The van der Waals surface area contributed by atoms with Gasteiger partial charge in [-0.15, -0.1) is 0 Å². The standard InChI is InChI=1S/C29H28N2O6/c1-18(32)30-22-12-6-4-10-20(22)27(24(30)34)28-21-11-5-7-13-23(21)31(19(2)33)29(28,37-27)36-25(14-8-3-9-15-25)26(35-28)16-17-26/h4-7,10-13H,3,8-9,14-17H2,1-2H3/t27-,28?,29-/m1/s1. The van der Waals surface area contributed by atoms with E-state index in [9.17, 15) is 14.4 Å². The van der Waals surface area contributed by atoms with Crippen LogP contribution >= 0.6 is 0 Å². The van der Waals surface area contributed by atoms with Crippen molar-refractivity contribution in [1.82, 2.24) is 0 Å². The Morgan fingerprint density at radius 3 is 2.00 bits per heavy atom. The van der Waals surface area contributed by atoms with Crippen molar-refractivity contribution in [2.24, 2.45) is 0 Å². The zero-order valence-corrected chi connectivity index (χ0v) is 20.9. The van der Waals surface area contributed by atoms with Crippen LogP contribution in [0.2, 0.25) is 0 Å². The number of ether oxygens (including phenoxy) is 3. The molecule has 8 rings (SSSR count). The Hall–Kier alpha value is -3.07. The molecule has 6 aliphatic rings. The number of nitrogens with zero attached hydrogens (tertiary/aromatic N) is 2. The maximum atomic E-state index is 14.4. The second-order valence-corrected chi connectivity index (χ2v) is 11.3. The first-order valence-electron chi connectivity index (χ1n) is 13.2. The number of para-hydroxylation sites is 2. The van der Waals surface area contributed by atoms with Crippen LogP contribution < -0.4 is 9.80 Å². The SMILES string of the molecule is CC(=O)N1C(=O)[C@]2(O[C@]34OC5(CCCCC5)C5(CC5)OC32c2ccccc2N4C(C)=O)c2ccccc21. The fourth-order valence-corrected chi connectivity index (χ4v) is 8.12. The molecule has 0 aromatic heterocycles. The van der Waals surface area contributed by atoms with Gasteiger partial charge in [-0.3, -0.25) is 19.3 Å². The third-order valence-electron chi connectivity index (χ3n) is 9.59. The van der Waals surface area contributed by atoms with E-state index in [-0.39, 0.29) is 5.91 Å². The van der Waals surface area contributed by atoms with Gasteiger partial charge in [0, 0.05) is 25.0 Å². The van der Waals surface area contributed by atoms with Crippen molar-refractivity contribution in [3.8, 4) is 0 Å². The molecule has 4 aliphatic heterocycles. The highest BCUT2D eigenvalue weighted by Gasteiger charge is 2.96. The Labute approximate surface area is 214 Å². The predicted octanol–water partition coefficient (Wildman–Crippen LogP) is 4.00. The van der Waals surface area contributed by atoms with Crippen molar-refractivity contribution in [3.05, 3.63) is 59.7 Å². The average molecular weight is 501 g/mol. The summed E-state index contributed by atoms with van der Waals surface area (Å²) in [7, 11) is 0. The van der Waals surface area contributed by atoms with Crippen molar-refractivity contribution in [2.75, 3.05) is 9.80 Å². The summed E-state index contributed by atoms with van der Waals surface area (Å²) in [5.41, 5.74) is -1.97. The molecule has 3 atom stereocenters. The van der Waals surface area contributed by atoms with Crippen molar-refractivity contribution in [2.45, 2.75) is 87.1 Å². The van der Waals surface area contributed by atoms with E-state index >= 15 is 0 Å². The zero-order chi connectivity index (χ0) is 25.4. The number of hydrogen-bond donors (Lipinski definition) is 0. The second kappa shape index (κ2) is 6.49. The maximum Gasteiger partial charge on any atom is 0.299 e. The zero-order valence-electron chi connectivity index (χ0n) is 20.9. The van der Waals surface area contributed by atoms with Gasteiger partial charge < -0.3 is 14.2 Å². The van der Waals surface area contributed by atoms with E-state index in [4.69, 9.17) is 14.2 Å². The highest BCUT2D eigenvalue weighted by Crippen LogP contribution is 2.80.